The molecule has 22 heavy (non-hydrogen) atoms. The second kappa shape index (κ2) is 5.55. The van der Waals surface area contributed by atoms with Gasteiger partial charge in [0.2, 0.25) is 0 Å². The molecule has 3 aromatic rings. The summed E-state index contributed by atoms with van der Waals surface area (Å²) in [6.45, 7) is 0.533. The van der Waals surface area contributed by atoms with Crippen LogP contribution in [0.25, 0.3) is 5.69 Å². The Morgan fingerprint density at radius 3 is 2.77 bits per heavy atom. The van der Waals surface area contributed by atoms with Crippen molar-refractivity contribution in [1.29, 1.82) is 0 Å². The fourth-order valence-corrected chi connectivity index (χ4v) is 1.99. The fraction of sp³-hybridized carbons (Fsp3) is 0.143. The van der Waals surface area contributed by atoms with Gasteiger partial charge in [-0.2, -0.15) is 0 Å². The van der Waals surface area contributed by atoms with Crippen LogP contribution in [0.3, 0.4) is 0 Å². The van der Waals surface area contributed by atoms with Gasteiger partial charge in [-0.15, -0.1) is 13.2 Å². The van der Waals surface area contributed by atoms with E-state index in [-0.39, 0.29) is 5.75 Å². The van der Waals surface area contributed by atoms with E-state index < -0.39 is 6.36 Å². The summed E-state index contributed by atoms with van der Waals surface area (Å²) in [5, 5.41) is 0. The van der Waals surface area contributed by atoms with Crippen LogP contribution in [0.15, 0.2) is 55.5 Å². The summed E-state index contributed by atoms with van der Waals surface area (Å²) in [6.07, 6.45) is 3.70. The second-order valence-electron chi connectivity index (χ2n) is 4.55. The number of rotatable bonds is 4. The van der Waals surface area contributed by atoms with Gasteiger partial charge in [-0.05, 0) is 12.1 Å². The fourth-order valence-electron chi connectivity index (χ4n) is 1.99. The summed E-state index contributed by atoms with van der Waals surface area (Å²) in [7, 11) is 0. The molecular formula is C14H11F3N4O. The summed E-state index contributed by atoms with van der Waals surface area (Å²) >= 11 is 0. The molecule has 0 saturated heterocycles. The van der Waals surface area contributed by atoms with Gasteiger partial charge in [0.15, 0.2) is 0 Å². The number of nitrogens with zero attached hydrogens (tertiary/aromatic N) is 4. The van der Waals surface area contributed by atoms with Gasteiger partial charge < -0.3 is 13.9 Å². The van der Waals surface area contributed by atoms with Crippen molar-refractivity contribution in [3.05, 3.63) is 61.2 Å². The molecule has 1 aromatic carbocycles. The normalized spacial score (nSPS) is 11.6. The smallest absolute Gasteiger partial charge is 0.406 e. The lowest BCUT2D eigenvalue weighted by Crippen LogP contribution is -2.17. The third-order valence-corrected chi connectivity index (χ3v) is 2.89. The van der Waals surface area contributed by atoms with E-state index in [1.165, 1.54) is 18.2 Å². The van der Waals surface area contributed by atoms with Crippen LogP contribution >= 0.6 is 0 Å². The van der Waals surface area contributed by atoms with Crippen molar-refractivity contribution in [3.8, 4) is 11.4 Å². The van der Waals surface area contributed by atoms with Crippen LogP contribution in [0.1, 0.15) is 5.69 Å². The number of ether oxygens (including phenoxy) is 1. The van der Waals surface area contributed by atoms with Crippen LogP contribution in [-0.4, -0.2) is 25.5 Å². The number of hydrogen-bond acceptors (Lipinski definition) is 3. The molecule has 2 heterocycles. The third-order valence-electron chi connectivity index (χ3n) is 2.89. The van der Waals surface area contributed by atoms with E-state index in [9.17, 15) is 13.2 Å². The zero-order valence-electron chi connectivity index (χ0n) is 11.2. The van der Waals surface area contributed by atoms with E-state index in [2.05, 4.69) is 14.7 Å². The van der Waals surface area contributed by atoms with Crippen LogP contribution in [-0.2, 0) is 6.54 Å². The van der Waals surface area contributed by atoms with Crippen molar-refractivity contribution in [3.63, 3.8) is 0 Å². The summed E-state index contributed by atoms with van der Waals surface area (Å²) in [5.41, 5.74) is 1.30. The van der Waals surface area contributed by atoms with Crippen molar-refractivity contribution in [2.24, 2.45) is 0 Å². The number of imidazole rings is 2. The van der Waals surface area contributed by atoms with Gasteiger partial charge in [-0.3, -0.25) is 0 Å². The molecule has 0 aliphatic heterocycles. The number of halogens is 3. The zero-order chi connectivity index (χ0) is 15.6. The molecule has 0 atom stereocenters. The summed E-state index contributed by atoms with van der Waals surface area (Å²) in [4.78, 5) is 8.16. The monoisotopic (exact) mass is 308 g/mol. The zero-order valence-corrected chi connectivity index (χ0v) is 11.2. The molecule has 0 aliphatic carbocycles. The van der Waals surface area contributed by atoms with E-state index in [0.717, 1.165) is 5.69 Å². The van der Waals surface area contributed by atoms with Gasteiger partial charge in [-0.25, -0.2) is 9.97 Å². The van der Waals surface area contributed by atoms with Gasteiger partial charge >= 0.3 is 6.36 Å². The highest BCUT2D eigenvalue weighted by Gasteiger charge is 2.31. The molecule has 114 valence electrons. The average molecular weight is 308 g/mol. The standard InChI is InChI=1S/C14H11F3N4O/c15-14(16,17)22-13-3-1-2-12(6-13)21-8-11(19-10-21)7-20-5-4-18-9-20/h1-6,8-10H,7H2. The molecule has 2 aromatic heterocycles. The first kappa shape index (κ1) is 14.2. The van der Waals surface area contributed by atoms with Gasteiger partial charge in [0.25, 0.3) is 0 Å². The number of alkyl halides is 3. The lowest BCUT2D eigenvalue weighted by atomic mass is 10.3. The molecule has 3 rings (SSSR count). The van der Waals surface area contributed by atoms with E-state index in [0.29, 0.717) is 12.2 Å². The molecule has 8 heteroatoms. The molecule has 0 bridgehead atoms. The van der Waals surface area contributed by atoms with Gasteiger partial charge in [-0.1, -0.05) is 6.07 Å². The summed E-state index contributed by atoms with van der Waals surface area (Å²) in [5.74, 6) is -0.269. The van der Waals surface area contributed by atoms with E-state index in [1.54, 1.807) is 41.9 Å². The predicted molar refractivity (Wildman–Crippen MR) is 71.6 cm³/mol. The summed E-state index contributed by atoms with van der Waals surface area (Å²) in [6, 6.07) is 5.72. The molecule has 0 fully saturated rings. The van der Waals surface area contributed by atoms with Gasteiger partial charge in [0.1, 0.15) is 5.75 Å². The molecular weight excluding hydrogens is 297 g/mol. The molecule has 5 nitrogen and oxygen atoms in total. The topological polar surface area (TPSA) is 44.9 Å². The average Bonchev–Trinajstić information content (AvgIpc) is 3.09. The van der Waals surface area contributed by atoms with E-state index in [4.69, 9.17) is 0 Å². The molecule has 0 radical (unpaired) electrons. The Kier molecular flexibility index (Phi) is 3.58. The lowest BCUT2D eigenvalue weighted by Gasteiger charge is -2.10. The number of aromatic nitrogens is 4. The SMILES string of the molecule is FC(F)(F)Oc1cccc(-n2cnc(Cn3ccnc3)c2)c1. The number of benzene rings is 1. The van der Waals surface area contributed by atoms with Crippen LogP contribution in [0.4, 0.5) is 13.2 Å². The van der Waals surface area contributed by atoms with Crippen molar-refractivity contribution >= 4 is 0 Å². The Morgan fingerprint density at radius 1 is 1.18 bits per heavy atom. The minimum Gasteiger partial charge on any atom is -0.406 e. The highest BCUT2D eigenvalue weighted by molar-refractivity contribution is 5.39. The van der Waals surface area contributed by atoms with Crippen molar-refractivity contribution in [2.75, 3.05) is 0 Å². The third kappa shape index (κ3) is 3.46. The highest BCUT2D eigenvalue weighted by atomic mass is 19.4. The first-order valence-corrected chi connectivity index (χ1v) is 6.34. The minimum absolute atomic E-state index is 0.269. The van der Waals surface area contributed by atoms with Crippen molar-refractivity contribution < 1.29 is 17.9 Å². The van der Waals surface area contributed by atoms with Crippen molar-refractivity contribution in [1.82, 2.24) is 19.1 Å². The molecule has 0 N–H and O–H groups in total. The van der Waals surface area contributed by atoms with E-state index in [1.807, 2.05) is 4.57 Å². The first-order chi connectivity index (χ1) is 10.5. The van der Waals surface area contributed by atoms with E-state index >= 15 is 0 Å². The Hall–Kier alpha value is -2.77. The molecule has 0 spiro atoms. The van der Waals surface area contributed by atoms with Crippen molar-refractivity contribution in [2.45, 2.75) is 12.9 Å². The van der Waals surface area contributed by atoms with Crippen LogP contribution < -0.4 is 4.74 Å². The maximum absolute atomic E-state index is 12.2. The number of hydrogen-bond donors (Lipinski definition) is 0. The Morgan fingerprint density at radius 2 is 2.05 bits per heavy atom. The molecule has 0 saturated carbocycles. The second-order valence-corrected chi connectivity index (χ2v) is 4.55. The van der Waals surface area contributed by atoms with Crippen LogP contribution in [0, 0.1) is 0 Å². The molecule has 0 aliphatic rings. The van der Waals surface area contributed by atoms with Gasteiger partial charge in [0.05, 0.1) is 30.6 Å². The maximum atomic E-state index is 12.2. The Balaban J connectivity index is 1.79. The minimum atomic E-state index is -4.71. The molecule has 0 unspecified atom stereocenters. The van der Waals surface area contributed by atoms with Crippen LogP contribution in [0.5, 0.6) is 5.75 Å². The first-order valence-electron chi connectivity index (χ1n) is 6.34. The highest BCUT2D eigenvalue weighted by Crippen LogP contribution is 2.24. The Labute approximate surface area is 123 Å². The quantitative estimate of drug-likeness (QED) is 0.744. The Bertz CT molecular complexity index is 750. The predicted octanol–water partition coefficient (Wildman–Crippen LogP) is 3.02. The van der Waals surface area contributed by atoms with Gasteiger partial charge in [0, 0.05) is 24.7 Å². The maximum Gasteiger partial charge on any atom is 0.573 e. The lowest BCUT2D eigenvalue weighted by molar-refractivity contribution is -0.274. The molecule has 0 amide bonds. The largest absolute Gasteiger partial charge is 0.573 e. The summed E-state index contributed by atoms with van der Waals surface area (Å²) < 4.78 is 44.1. The van der Waals surface area contributed by atoms with Crippen LogP contribution in [0.2, 0.25) is 0 Å².